The highest BCUT2D eigenvalue weighted by Crippen LogP contribution is 2.39. The highest BCUT2D eigenvalue weighted by molar-refractivity contribution is 5.83. The maximum Gasteiger partial charge on any atom is 0.316 e. The lowest BCUT2D eigenvalue weighted by Crippen LogP contribution is -2.43. The van der Waals surface area contributed by atoms with Gasteiger partial charge in [0.15, 0.2) is 0 Å². The molecule has 34 heavy (non-hydrogen) atoms. The highest BCUT2D eigenvalue weighted by atomic mass is 16.5. The van der Waals surface area contributed by atoms with Gasteiger partial charge in [0, 0.05) is 13.1 Å². The number of esters is 1. The van der Waals surface area contributed by atoms with E-state index in [0.717, 1.165) is 62.4 Å². The first-order chi connectivity index (χ1) is 16.4. The van der Waals surface area contributed by atoms with Crippen LogP contribution < -0.4 is 9.47 Å². The summed E-state index contributed by atoms with van der Waals surface area (Å²) >= 11 is 0. The summed E-state index contributed by atoms with van der Waals surface area (Å²) in [7, 11) is 4.84. The van der Waals surface area contributed by atoms with Crippen LogP contribution in [0.1, 0.15) is 50.7 Å². The number of benzene rings is 2. The Kier molecular flexibility index (Phi) is 9.17. The zero-order chi connectivity index (χ0) is 24.6. The minimum Gasteiger partial charge on any atom is -0.497 e. The minimum atomic E-state index is -0.657. The standard InChI is InChI=1S/C29H39NO4/c1-22(2)29(28(31)34-5,25-9-13-27(33-4)14-10-25)17-6-18-30-19-15-24(16-20-30)21-23-7-11-26(32-3)12-8-23/h7-14,21-22H,6,15-20H2,1-5H3. The van der Waals surface area contributed by atoms with Crippen LogP contribution in [-0.2, 0) is 14.9 Å². The Bertz CT molecular complexity index is 939. The lowest BCUT2D eigenvalue weighted by Gasteiger charge is -2.36. The Morgan fingerprint density at radius 1 is 0.941 bits per heavy atom. The van der Waals surface area contributed by atoms with Gasteiger partial charge in [-0.3, -0.25) is 4.79 Å². The van der Waals surface area contributed by atoms with Gasteiger partial charge in [-0.25, -0.2) is 0 Å². The Balaban J connectivity index is 1.61. The Morgan fingerprint density at radius 3 is 2.00 bits per heavy atom. The van der Waals surface area contributed by atoms with Crippen LogP contribution >= 0.6 is 0 Å². The molecule has 0 N–H and O–H groups in total. The van der Waals surface area contributed by atoms with Crippen LogP contribution in [0.2, 0.25) is 0 Å². The molecule has 1 unspecified atom stereocenters. The zero-order valence-corrected chi connectivity index (χ0v) is 21.3. The molecule has 5 nitrogen and oxygen atoms in total. The van der Waals surface area contributed by atoms with Crippen molar-refractivity contribution in [3.8, 4) is 11.5 Å². The summed E-state index contributed by atoms with van der Waals surface area (Å²) in [6.45, 7) is 7.31. The van der Waals surface area contributed by atoms with E-state index in [2.05, 4.69) is 37.0 Å². The number of hydrogen-bond acceptors (Lipinski definition) is 5. The molecule has 1 aliphatic rings. The molecule has 2 aromatic rings. The van der Waals surface area contributed by atoms with Gasteiger partial charge in [-0.15, -0.1) is 0 Å². The number of rotatable bonds is 10. The first kappa shape index (κ1) is 25.8. The first-order valence-electron chi connectivity index (χ1n) is 12.2. The van der Waals surface area contributed by atoms with Gasteiger partial charge in [0.2, 0.25) is 0 Å². The molecule has 1 heterocycles. The number of methoxy groups -OCH3 is 3. The second-order valence-electron chi connectivity index (χ2n) is 9.37. The van der Waals surface area contributed by atoms with Crippen molar-refractivity contribution in [2.75, 3.05) is 41.0 Å². The quantitative estimate of drug-likeness (QED) is 0.419. The molecule has 0 aliphatic carbocycles. The van der Waals surface area contributed by atoms with E-state index in [1.165, 1.54) is 18.2 Å². The van der Waals surface area contributed by atoms with Crippen molar-refractivity contribution in [3.05, 3.63) is 65.2 Å². The van der Waals surface area contributed by atoms with Crippen LogP contribution in [0.4, 0.5) is 0 Å². The van der Waals surface area contributed by atoms with Crippen molar-refractivity contribution < 1.29 is 19.0 Å². The molecule has 1 saturated heterocycles. The van der Waals surface area contributed by atoms with E-state index in [9.17, 15) is 4.79 Å². The number of carbonyl (C=O) groups is 1. The molecule has 1 aliphatic heterocycles. The topological polar surface area (TPSA) is 48.0 Å². The van der Waals surface area contributed by atoms with E-state index in [1.54, 1.807) is 14.2 Å². The van der Waals surface area contributed by atoms with Gasteiger partial charge in [-0.05, 0) is 73.5 Å². The largest absolute Gasteiger partial charge is 0.497 e. The fourth-order valence-corrected chi connectivity index (χ4v) is 5.02. The van der Waals surface area contributed by atoms with Gasteiger partial charge in [0.25, 0.3) is 0 Å². The van der Waals surface area contributed by atoms with Crippen LogP contribution in [0.15, 0.2) is 54.1 Å². The van der Waals surface area contributed by atoms with E-state index in [1.807, 2.05) is 36.4 Å². The molecule has 0 amide bonds. The third-order valence-corrected chi connectivity index (χ3v) is 7.17. The van der Waals surface area contributed by atoms with E-state index in [0.29, 0.717) is 0 Å². The van der Waals surface area contributed by atoms with Crippen LogP contribution in [0, 0.1) is 5.92 Å². The Morgan fingerprint density at radius 2 is 1.50 bits per heavy atom. The molecule has 5 heteroatoms. The molecule has 3 rings (SSSR count). The van der Waals surface area contributed by atoms with E-state index in [4.69, 9.17) is 14.2 Å². The van der Waals surface area contributed by atoms with Gasteiger partial charge >= 0.3 is 5.97 Å². The number of likely N-dealkylation sites (tertiary alicyclic amines) is 1. The summed E-state index contributed by atoms with van der Waals surface area (Å²) in [6.07, 6.45) is 6.17. The fraction of sp³-hybridized carbons (Fsp3) is 0.483. The van der Waals surface area contributed by atoms with Crippen molar-refractivity contribution in [2.45, 2.75) is 44.9 Å². The maximum atomic E-state index is 13.1. The van der Waals surface area contributed by atoms with Crippen LogP contribution in [-0.4, -0.2) is 51.8 Å². The smallest absolute Gasteiger partial charge is 0.316 e. The average Bonchev–Trinajstić information content (AvgIpc) is 2.87. The third kappa shape index (κ3) is 6.01. The predicted octanol–water partition coefficient (Wildman–Crippen LogP) is 5.73. The molecule has 0 aromatic heterocycles. The van der Waals surface area contributed by atoms with E-state index in [-0.39, 0.29) is 11.9 Å². The average molecular weight is 466 g/mol. The van der Waals surface area contributed by atoms with Gasteiger partial charge in [-0.2, -0.15) is 0 Å². The summed E-state index contributed by atoms with van der Waals surface area (Å²) in [5, 5.41) is 0. The molecule has 0 bridgehead atoms. The number of nitrogens with zero attached hydrogens (tertiary/aromatic N) is 1. The molecule has 1 atom stereocenters. The predicted molar refractivity (Wildman–Crippen MR) is 137 cm³/mol. The molecular weight excluding hydrogens is 426 g/mol. The summed E-state index contributed by atoms with van der Waals surface area (Å²) < 4.78 is 15.9. The van der Waals surface area contributed by atoms with E-state index < -0.39 is 5.41 Å². The van der Waals surface area contributed by atoms with Gasteiger partial charge in [0.05, 0.1) is 26.7 Å². The molecule has 184 valence electrons. The molecular formula is C29H39NO4. The lowest BCUT2D eigenvalue weighted by molar-refractivity contribution is -0.150. The Labute approximate surface area is 204 Å². The fourth-order valence-electron chi connectivity index (χ4n) is 5.02. The van der Waals surface area contributed by atoms with E-state index >= 15 is 0 Å². The number of hydrogen-bond donors (Lipinski definition) is 0. The summed E-state index contributed by atoms with van der Waals surface area (Å²) in [6, 6.07) is 16.1. The number of carbonyl (C=O) groups excluding carboxylic acids is 1. The second-order valence-corrected chi connectivity index (χ2v) is 9.37. The summed E-state index contributed by atoms with van der Waals surface area (Å²) in [5.74, 6) is 1.64. The number of ether oxygens (including phenoxy) is 3. The maximum absolute atomic E-state index is 13.1. The van der Waals surface area contributed by atoms with Crippen molar-refractivity contribution in [3.63, 3.8) is 0 Å². The van der Waals surface area contributed by atoms with Crippen molar-refractivity contribution >= 4 is 12.0 Å². The van der Waals surface area contributed by atoms with Crippen LogP contribution in [0.25, 0.3) is 6.08 Å². The third-order valence-electron chi connectivity index (χ3n) is 7.17. The first-order valence-corrected chi connectivity index (χ1v) is 12.2. The summed E-state index contributed by atoms with van der Waals surface area (Å²) in [5.41, 5.74) is 3.06. The van der Waals surface area contributed by atoms with Gasteiger partial charge in [0.1, 0.15) is 11.5 Å². The van der Waals surface area contributed by atoms with Crippen LogP contribution in [0.5, 0.6) is 11.5 Å². The molecule has 0 spiro atoms. The second kappa shape index (κ2) is 12.1. The molecule has 0 radical (unpaired) electrons. The lowest BCUT2D eigenvalue weighted by atomic mass is 9.68. The molecule has 2 aromatic carbocycles. The van der Waals surface area contributed by atoms with Gasteiger partial charge in [-0.1, -0.05) is 49.8 Å². The SMILES string of the molecule is COC(=O)C(CCCN1CCC(=Cc2ccc(OC)cc2)CC1)(c1ccc(OC)cc1)C(C)C. The Hall–Kier alpha value is -2.79. The summed E-state index contributed by atoms with van der Waals surface area (Å²) in [4.78, 5) is 15.6. The zero-order valence-electron chi connectivity index (χ0n) is 21.3. The van der Waals surface area contributed by atoms with Crippen molar-refractivity contribution in [1.82, 2.24) is 4.90 Å². The minimum absolute atomic E-state index is 0.119. The monoisotopic (exact) mass is 465 g/mol. The van der Waals surface area contributed by atoms with Crippen molar-refractivity contribution in [1.29, 1.82) is 0 Å². The molecule has 1 fully saturated rings. The van der Waals surface area contributed by atoms with Crippen LogP contribution in [0.3, 0.4) is 0 Å². The molecule has 0 saturated carbocycles. The van der Waals surface area contributed by atoms with Crippen molar-refractivity contribution in [2.24, 2.45) is 5.92 Å². The number of piperidine rings is 1. The van der Waals surface area contributed by atoms with Gasteiger partial charge < -0.3 is 19.1 Å². The normalized spacial score (nSPS) is 16.1. The highest BCUT2D eigenvalue weighted by Gasteiger charge is 2.44.